The molecule has 2 aliphatic rings. The van der Waals surface area contributed by atoms with Gasteiger partial charge in [0.05, 0.1) is 5.70 Å². The van der Waals surface area contributed by atoms with Gasteiger partial charge in [-0.05, 0) is 13.1 Å². The quantitative estimate of drug-likeness (QED) is 0.653. The van der Waals surface area contributed by atoms with Gasteiger partial charge >= 0.3 is 0 Å². The molecule has 2 atom stereocenters. The van der Waals surface area contributed by atoms with Gasteiger partial charge in [0.25, 0.3) is 0 Å². The second-order valence-corrected chi connectivity index (χ2v) is 4.49. The van der Waals surface area contributed by atoms with Gasteiger partial charge < -0.3 is 5.32 Å². The summed E-state index contributed by atoms with van der Waals surface area (Å²) in [6.07, 6.45) is 1.83. The number of likely N-dealkylation sites (N-methyl/N-ethyl adjacent to an activating group) is 1. The lowest BCUT2D eigenvalue weighted by atomic mass is 10.0. The minimum Gasteiger partial charge on any atom is -0.306 e. The van der Waals surface area contributed by atoms with Crippen molar-refractivity contribution in [2.45, 2.75) is 18.3 Å². The van der Waals surface area contributed by atoms with E-state index in [1.165, 1.54) is 6.92 Å². The van der Waals surface area contributed by atoms with Crippen LogP contribution < -0.4 is 5.32 Å². The van der Waals surface area contributed by atoms with Crippen molar-refractivity contribution in [3.63, 3.8) is 0 Å². The first kappa shape index (κ1) is 9.73. The highest BCUT2D eigenvalue weighted by Gasteiger charge is 2.50. The summed E-state index contributed by atoms with van der Waals surface area (Å²) in [7, 11) is 1.77. The van der Waals surface area contributed by atoms with Crippen LogP contribution in [-0.2, 0) is 9.59 Å². The van der Waals surface area contributed by atoms with E-state index in [4.69, 9.17) is 0 Å². The maximum atomic E-state index is 11.6. The molecule has 5 heteroatoms. The molecule has 4 nitrogen and oxygen atoms in total. The maximum Gasteiger partial charge on any atom is 0.248 e. The molecule has 0 spiro atoms. The van der Waals surface area contributed by atoms with E-state index in [2.05, 4.69) is 5.32 Å². The van der Waals surface area contributed by atoms with Crippen LogP contribution in [0.2, 0.25) is 0 Å². The molecule has 0 bridgehead atoms. The van der Waals surface area contributed by atoms with Gasteiger partial charge in [-0.2, -0.15) is 0 Å². The molecular formula is C9H12N2O2S. The number of ketones is 1. The summed E-state index contributed by atoms with van der Waals surface area (Å²) < 4.78 is 0. The molecule has 1 amide bonds. The standard InChI is InChI=1S/C9H12N2O2S/c1-5(12)6-3-4-14-9-7(10-2)8(13)11(6)9/h3,7,9-10H,4H2,1-2H3/t7-,9?/m1/s1. The van der Waals surface area contributed by atoms with Crippen molar-refractivity contribution in [1.29, 1.82) is 0 Å². The molecule has 1 saturated heterocycles. The molecule has 0 radical (unpaired) electrons. The van der Waals surface area contributed by atoms with Crippen molar-refractivity contribution in [3.05, 3.63) is 11.8 Å². The Morgan fingerprint density at radius 2 is 2.43 bits per heavy atom. The molecule has 0 aliphatic carbocycles. The van der Waals surface area contributed by atoms with Gasteiger partial charge in [0, 0.05) is 12.7 Å². The molecule has 1 fully saturated rings. The topological polar surface area (TPSA) is 49.4 Å². The molecular weight excluding hydrogens is 200 g/mol. The lowest BCUT2D eigenvalue weighted by Crippen LogP contribution is -2.68. The highest BCUT2D eigenvalue weighted by Crippen LogP contribution is 2.37. The number of thioether (sulfide) groups is 1. The van der Waals surface area contributed by atoms with Crippen molar-refractivity contribution in [2.75, 3.05) is 12.8 Å². The second kappa shape index (κ2) is 3.40. The predicted octanol–water partition coefficient (Wildman–Crippen LogP) is -0.0376. The van der Waals surface area contributed by atoms with Gasteiger partial charge in [0.2, 0.25) is 5.91 Å². The molecule has 0 aromatic rings. The molecule has 1 unspecified atom stereocenters. The van der Waals surface area contributed by atoms with Gasteiger partial charge in [-0.1, -0.05) is 0 Å². The fraction of sp³-hybridized carbons (Fsp3) is 0.556. The number of Topliss-reactive ketones (excluding diaryl/α,β-unsaturated/α-hetero) is 1. The van der Waals surface area contributed by atoms with Crippen LogP contribution in [0.25, 0.3) is 0 Å². The predicted molar refractivity (Wildman–Crippen MR) is 54.7 cm³/mol. The van der Waals surface area contributed by atoms with E-state index in [1.54, 1.807) is 23.7 Å². The monoisotopic (exact) mass is 212 g/mol. The van der Waals surface area contributed by atoms with Crippen molar-refractivity contribution >= 4 is 23.5 Å². The number of amides is 1. The van der Waals surface area contributed by atoms with Gasteiger partial charge in [-0.25, -0.2) is 0 Å². The van der Waals surface area contributed by atoms with Crippen molar-refractivity contribution in [1.82, 2.24) is 10.2 Å². The summed E-state index contributed by atoms with van der Waals surface area (Å²) in [4.78, 5) is 24.4. The van der Waals surface area contributed by atoms with Gasteiger partial charge in [-0.3, -0.25) is 14.5 Å². The number of β-lactam (4-membered cyclic amide) rings is 1. The Morgan fingerprint density at radius 3 is 3.00 bits per heavy atom. The molecule has 14 heavy (non-hydrogen) atoms. The average Bonchev–Trinajstić information content (AvgIpc) is 2.16. The van der Waals surface area contributed by atoms with Crippen LogP contribution in [-0.4, -0.2) is 40.8 Å². The van der Waals surface area contributed by atoms with Crippen LogP contribution in [0.4, 0.5) is 0 Å². The Kier molecular flexibility index (Phi) is 2.36. The Hall–Kier alpha value is -0.810. The van der Waals surface area contributed by atoms with E-state index < -0.39 is 0 Å². The molecule has 0 aromatic carbocycles. The average molecular weight is 212 g/mol. The molecule has 1 N–H and O–H groups in total. The molecule has 0 aromatic heterocycles. The summed E-state index contributed by atoms with van der Waals surface area (Å²) in [5.74, 6) is 0.783. The van der Waals surface area contributed by atoms with E-state index in [0.29, 0.717) is 5.70 Å². The van der Waals surface area contributed by atoms with Gasteiger partial charge in [0.1, 0.15) is 11.4 Å². The van der Waals surface area contributed by atoms with Crippen LogP contribution in [0.15, 0.2) is 11.8 Å². The summed E-state index contributed by atoms with van der Waals surface area (Å²) in [6, 6.07) is -0.122. The number of allylic oxidation sites excluding steroid dienone is 1. The second-order valence-electron chi connectivity index (χ2n) is 3.34. The highest BCUT2D eigenvalue weighted by molar-refractivity contribution is 8.00. The van der Waals surface area contributed by atoms with Gasteiger partial charge in [0.15, 0.2) is 5.78 Å². The molecule has 2 aliphatic heterocycles. The minimum atomic E-state index is -0.122. The Morgan fingerprint density at radius 1 is 1.71 bits per heavy atom. The van der Waals surface area contributed by atoms with Crippen molar-refractivity contribution < 1.29 is 9.59 Å². The van der Waals surface area contributed by atoms with Gasteiger partial charge in [-0.15, -0.1) is 11.8 Å². The number of nitrogens with one attached hydrogen (secondary N) is 1. The summed E-state index contributed by atoms with van der Waals surface area (Å²) >= 11 is 1.68. The van der Waals surface area contributed by atoms with E-state index >= 15 is 0 Å². The smallest absolute Gasteiger partial charge is 0.248 e. The third kappa shape index (κ3) is 1.19. The fourth-order valence-electron chi connectivity index (χ4n) is 1.79. The molecule has 2 heterocycles. The Balaban J connectivity index is 2.23. The van der Waals surface area contributed by atoms with Crippen LogP contribution in [0.1, 0.15) is 6.92 Å². The van der Waals surface area contributed by atoms with Crippen LogP contribution in [0.5, 0.6) is 0 Å². The third-order valence-corrected chi connectivity index (χ3v) is 3.70. The zero-order chi connectivity index (χ0) is 10.3. The first-order valence-corrected chi connectivity index (χ1v) is 5.54. The number of fused-ring (bicyclic) bond motifs is 1. The number of rotatable bonds is 2. The summed E-state index contributed by atoms with van der Waals surface area (Å²) in [5.41, 5.74) is 0.560. The molecule has 76 valence electrons. The Bertz CT molecular complexity index is 327. The number of hydrogen-bond acceptors (Lipinski definition) is 4. The molecule has 2 rings (SSSR count). The fourth-order valence-corrected chi connectivity index (χ4v) is 3.06. The van der Waals surface area contributed by atoms with Crippen LogP contribution >= 0.6 is 11.8 Å². The number of carbonyl (C=O) groups excluding carboxylic acids is 2. The maximum absolute atomic E-state index is 11.6. The van der Waals surface area contributed by atoms with Crippen LogP contribution in [0, 0.1) is 0 Å². The SMILES string of the molecule is CN[C@@H]1C(=O)N2C(C(C)=O)=CCSC12. The van der Waals surface area contributed by atoms with Crippen LogP contribution in [0.3, 0.4) is 0 Å². The number of nitrogens with zero attached hydrogens (tertiary/aromatic N) is 1. The first-order valence-electron chi connectivity index (χ1n) is 4.50. The van der Waals surface area contributed by atoms with Crippen molar-refractivity contribution in [3.8, 4) is 0 Å². The van der Waals surface area contributed by atoms with Crippen molar-refractivity contribution in [2.24, 2.45) is 0 Å². The summed E-state index contributed by atoms with van der Waals surface area (Å²) in [5, 5.41) is 3.07. The van der Waals surface area contributed by atoms with E-state index in [9.17, 15) is 9.59 Å². The normalized spacial score (nSPS) is 30.6. The highest BCUT2D eigenvalue weighted by atomic mass is 32.2. The number of hydrogen-bond donors (Lipinski definition) is 1. The van der Waals surface area contributed by atoms with E-state index in [1.807, 2.05) is 6.08 Å². The third-order valence-electron chi connectivity index (χ3n) is 2.52. The summed E-state index contributed by atoms with van der Waals surface area (Å²) in [6.45, 7) is 1.50. The lowest BCUT2D eigenvalue weighted by Gasteiger charge is -2.48. The Labute approximate surface area is 86.7 Å². The largest absolute Gasteiger partial charge is 0.306 e. The zero-order valence-electron chi connectivity index (χ0n) is 8.11. The zero-order valence-corrected chi connectivity index (χ0v) is 8.93. The molecule has 0 saturated carbocycles. The van der Waals surface area contributed by atoms with E-state index in [-0.39, 0.29) is 23.1 Å². The first-order chi connectivity index (χ1) is 6.66. The lowest BCUT2D eigenvalue weighted by molar-refractivity contribution is -0.144. The number of carbonyl (C=O) groups is 2. The van der Waals surface area contributed by atoms with E-state index in [0.717, 1.165) is 5.75 Å². The minimum absolute atomic E-state index is 0.00569.